The average Bonchev–Trinajstić information content (AvgIpc) is 3.57. The van der Waals surface area contributed by atoms with Gasteiger partial charge < -0.3 is 10.2 Å². The minimum Gasteiger partial charge on any atom is -0.352 e. The van der Waals surface area contributed by atoms with Crippen LogP contribution < -0.4 is 9.62 Å². The summed E-state index contributed by atoms with van der Waals surface area (Å²) in [6.45, 7) is 5.19. The molecule has 1 fully saturated rings. The topological polar surface area (TPSA) is 86.8 Å². The highest BCUT2D eigenvalue weighted by Crippen LogP contribution is 2.32. The van der Waals surface area contributed by atoms with E-state index < -0.39 is 28.5 Å². The van der Waals surface area contributed by atoms with Crippen LogP contribution in [0.25, 0.3) is 0 Å². The first-order chi connectivity index (χ1) is 22.5. The van der Waals surface area contributed by atoms with E-state index in [0.29, 0.717) is 16.3 Å². The van der Waals surface area contributed by atoms with Gasteiger partial charge in [-0.25, -0.2) is 8.42 Å². The Morgan fingerprint density at radius 3 is 2.19 bits per heavy atom. The summed E-state index contributed by atoms with van der Waals surface area (Å²) < 4.78 is 29.8. The van der Waals surface area contributed by atoms with Gasteiger partial charge in [0, 0.05) is 24.0 Å². The first kappa shape index (κ1) is 34.2. The molecule has 0 bridgehead atoms. The summed E-state index contributed by atoms with van der Waals surface area (Å²) in [5.74, 6) is -0.736. The Kier molecular flexibility index (Phi) is 11.0. The lowest BCUT2D eigenvalue weighted by Crippen LogP contribution is -2.54. The number of aryl methyl sites for hydroxylation is 2. The van der Waals surface area contributed by atoms with Gasteiger partial charge in [0.2, 0.25) is 11.8 Å². The van der Waals surface area contributed by atoms with Crippen molar-refractivity contribution < 1.29 is 18.0 Å². The van der Waals surface area contributed by atoms with Crippen molar-refractivity contribution in [2.75, 3.05) is 10.8 Å². The van der Waals surface area contributed by atoms with Gasteiger partial charge in [0.25, 0.3) is 10.0 Å². The molecule has 0 spiro atoms. The van der Waals surface area contributed by atoms with Crippen LogP contribution in [-0.2, 0) is 32.6 Å². The molecule has 1 saturated carbocycles. The third-order valence-electron chi connectivity index (χ3n) is 8.97. The summed E-state index contributed by atoms with van der Waals surface area (Å²) in [6.07, 6.45) is 4.16. The van der Waals surface area contributed by atoms with E-state index in [-0.39, 0.29) is 29.8 Å². The molecule has 4 aromatic rings. The highest BCUT2D eigenvalue weighted by atomic mass is 35.5. The number of sulfonamides is 1. The largest absolute Gasteiger partial charge is 0.352 e. The second-order valence-corrected chi connectivity index (χ2v) is 14.6. The van der Waals surface area contributed by atoms with Crippen molar-refractivity contribution in [2.45, 2.75) is 76.4 Å². The fraction of sp³-hybridized carbons (Fsp3) is 0.316. The van der Waals surface area contributed by atoms with Crippen LogP contribution in [0.4, 0.5) is 5.69 Å². The minimum atomic E-state index is -4.22. The standard InChI is InChI=1S/C38H42ClN3O4S/c1-27-20-22-33(23-21-27)47(45,46)42(35-19-11-18-34(39)29(35)3)26-37(43)41(25-31-15-8-7-12-28(31)2)36(24-30-13-5-4-6-14-30)38(44)40-32-16-9-10-17-32/h4-8,11-15,18-23,32,36H,9-10,16-17,24-26H2,1-3H3,(H,40,44)/t36-/m0/s1. The molecule has 246 valence electrons. The molecule has 0 aromatic heterocycles. The molecule has 0 unspecified atom stereocenters. The number of benzene rings is 4. The van der Waals surface area contributed by atoms with E-state index in [1.807, 2.05) is 68.4 Å². The van der Waals surface area contributed by atoms with Gasteiger partial charge in [0.15, 0.2) is 0 Å². The Labute approximate surface area is 283 Å². The maximum Gasteiger partial charge on any atom is 0.264 e. The van der Waals surface area contributed by atoms with Crippen LogP contribution in [0.15, 0.2) is 102 Å². The van der Waals surface area contributed by atoms with Gasteiger partial charge in [-0.2, -0.15) is 0 Å². The summed E-state index contributed by atoms with van der Waals surface area (Å²) in [5, 5.41) is 3.60. The molecule has 47 heavy (non-hydrogen) atoms. The maximum absolute atomic E-state index is 14.8. The first-order valence-corrected chi connectivity index (χ1v) is 17.9. The van der Waals surface area contributed by atoms with Crippen molar-refractivity contribution in [3.05, 3.63) is 130 Å². The molecule has 2 amide bonds. The lowest BCUT2D eigenvalue weighted by molar-refractivity contribution is -0.140. The number of hydrogen-bond acceptors (Lipinski definition) is 4. The van der Waals surface area contributed by atoms with Gasteiger partial charge >= 0.3 is 0 Å². The van der Waals surface area contributed by atoms with Gasteiger partial charge in [0.1, 0.15) is 12.6 Å². The predicted octanol–water partition coefficient (Wildman–Crippen LogP) is 7.16. The lowest BCUT2D eigenvalue weighted by atomic mass is 10.0. The molecule has 1 aliphatic carbocycles. The molecule has 4 aromatic carbocycles. The molecule has 0 radical (unpaired) electrons. The van der Waals surface area contributed by atoms with Crippen molar-refractivity contribution in [1.29, 1.82) is 0 Å². The minimum absolute atomic E-state index is 0.0451. The lowest BCUT2D eigenvalue weighted by Gasteiger charge is -2.35. The molecular formula is C38H42ClN3O4S. The van der Waals surface area contributed by atoms with Crippen molar-refractivity contribution in [2.24, 2.45) is 0 Å². The highest BCUT2D eigenvalue weighted by Gasteiger charge is 2.36. The number of nitrogens with zero attached hydrogens (tertiary/aromatic N) is 2. The molecule has 1 N–H and O–H groups in total. The zero-order chi connectivity index (χ0) is 33.6. The van der Waals surface area contributed by atoms with E-state index in [1.165, 1.54) is 0 Å². The number of halogens is 1. The summed E-state index contributed by atoms with van der Waals surface area (Å²) >= 11 is 6.49. The van der Waals surface area contributed by atoms with Gasteiger partial charge in [0.05, 0.1) is 10.6 Å². The van der Waals surface area contributed by atoms with Crippen molar-refractivity contribution in [1.82, 2.24) is 10.2 Å². The maximum atomic E-state index is 14.8. The molecule has 0 heterocycles. The number of carbonyl (C=O) groups is 2. The van der Waals surface area contributed by atoms with Crippen LogP contribution in [0.2, 0.25) is 5.02 Å². The fourth-order valence-corrected chi connectivity index (χ4v) is 7.75. The van der Waals surface area contributed by atoms with Crippen LogP contribution >= 0.6 is 11.6 Å². The van der Waals surface area contributed by atoms with Gasteiger partial charge in [-0.1, -0.05) is 103 Å². The van der Waals surface area contributed by atoms with Gasteiger partial charge in [-0.3, -0.25) is 13.9 Å². The molecule has 1 atom stereocenters. The smallest absolute Gasteiger partial charge is 0.264 e. The summed E-state index contributed by atoms with van der Waals surface area (Å²) in [4.78, 5) is 30.5. The molecule has 1 aliphatic rings. The average molecular weight is 672 g/mol. The van der Waals surface area contributed by atoms with Crippen molar-refractivity contribution in [3.63, 3.8) is 0 Å². The molecule has 0 aliphatic heterocycles. The summed E-state index contributed by atoms with van der Waals surface area (Å²) in [7, 11) is -4.22. The van der Waals surface area contributed by atoms with Crippen LogP contribution in [-0.4, -0.2) is 43.8 Å². The number of carbonyl (C=O) groups excluding carboxylic acids is 2. The molecular weight excluding hydrogens is 630 g/mol. The zero-order valence-electron chi connectivity index (χ0n) is 27.2. The Morgan fingerprint density at radius 2 is 1.51 bits per heavy atom. The first-order valence-electron chi connectivity index (χ1n) is 16.1. The zero-order valence-corrected chi connectivity index (χ0v) is 28.7. The SMILES string of the molecule is Cc1ccc(S(=O)(=O)N(CC(=O)N(Cc2ccccc2C)[C@@H](Cc2ccccc2)C(=O)NC2CCCC2)c2cccc(Cl)c2C)cc1. The number of nitrogens with one attached hydrogen (secondary N) is 1. The molecule has 0 saturated heterocycles. The second kappa shape index (κ2) is 15.2. The Morgan fingerprint density at radius 1 is 0.851 bits per heavy atom. The van der Waals surface area contributed by atoms with Gasteiger partial charge in [-0.15, -0.1) is 0 Å². The number of anilines is 1. The van der Waals surface area contributed by atoms with E-state index >= 15 is 0 Å². The second-order valence-electron chi connectivity index (χ2n) is 12.4. The van der Waals surface area contributed by atoms with Crippen molar-refractivity contribution >= 4 is 39.1 Å². The Bertz CT molecular complexity index is 1810. The quantitative estimate of drug-likeness (QED) is 0.173. The fourth-order valence-electron chi connectivity index (χ4n) is 6.11. The third-order valence-corrected chi connectivity index (χ3v) is 11.2. The molecule has 5 rings (SSSR count). The van der Waals surface area contributed by atoms with Crippen LogP contribution in [0, 0.1) is 20.8 Å². The van der Waals surface area contributed by atoms with Gasteiger partial charge in [-0.05, 0) is 80.1 Å². The van der Waals surface area contributed by atoms with E-state index in [1.54, 1.807) is 54.3 Å². The Balaban J connectivity index is 1.60. The van der Waals surface area contributed by atoms with Crippen LogP contribution in [0.1, 0.15) is 53.5 Å². The molecule has 9 heteroatoms. The highest BCUT2D eigenvalue weighted by molar-refractivity contribution is 7.92. The number of amides is 2. The number of hydrogen-bond donors (Lipinski definition) is 1. The van der Waals surface area contributed by atoms with Crippen LogP contribution in [0.5, 0.6) is 0 Å². The van der Waals surface area contributed by atoms with Crippen molar-refractivity contribution in [3.8, 4) is 0 Å². The van der Waals surface area contributed by atoms with Crippen LogP contribution in [0.3, 0.4) is 0 Å². The van der Waals surface area contributed by atoms with E-state index in [2.05, 4.69) is 5.32 Å². The van der Waals surface area contributed by atoms with E-state index in [0.717, 1.165) is 52.2 Å². The summed E-state index contributed by atoms with van der Waals surface area (Å²) in [5.41, 5.74) is 4.48. The molecule has 7 nitrogen and oxygen atoms in total. The summed E-state index contributed by atoms with van der Waals surface area (Å²) in [6, 6.07) is 28.1. The monoisotopic (exact) mass is 671 g/mol. The Hall–Kier alpha value is -4.14. The third kappa shape index (κ3) is 8.24. The normalized spacial score (nSPS) is 14.0. The van der Waals surface area contributed by atoms with E-state index in [4.69, 9.17) is 11.6 Å². The predicted molar refractivity (Wildman–Crippen MR) is 188 cm³/mol. The number of rotatable bonds is 12. The van der Waals surface area contributed by atoms with E-state index in [9.17, 15) is 18.0 Å².